The summed E-state index contributed by atoms with van der Waals surface area (Å²) < 4.78 is 5.37. The predicted molar refractivity (Wildman–Crippen MR) is 133 cm³/mol. The van der Waals surface area contributed by atoms with Crippen LogP contribution in [0.15, 0.2) is 42.5 Å². The van der Waals surface area contributed by atoms with Crippen LogP contribution in [0.3, 0.4) is 0 Å². The summed E-state index contributed by atoms with van der Waals surface area (Å²) in [5, 5.41) is 25.5. The number of nitrogens with zero attached hydrogens (tertiary/aromatic N) is 5. The molecule has 1 amide bonds. The number of nitrogens with one attached hydrogen (secondary N) is 1. The number of benzene rings is 2. The van der Waals surface area contributed by atoms with Gasteiger partial charge in [0.05, 0.1) is 23.1 Å². The van der Waals surface area contributed by atoms with E-state index in [1.807, 2.05) is 15.9 Å². The molecule has 0 bridgehead atoms. The van der Waals surface area contributed by atoms with Crippen LogP contribution in [0.1, 0.15) is 10.4 Å². The molecule has 1 N–H and O–H groups in total. The van der Waals surface area contributed by atoms with Gasteiger partial charge in [-0.2, -0.15) is 0 Å². The van der Waals surface area contributed by atoms with Crippen molar-refractivity contribution in [3.63, 3.8) is 0 Å². The van der Waals surface area contributed by atoms with Gasteiger partial charge in [0.25, 0.3) is 17.3 Å². The Morgan fingerprint density at radius 2 is 1.54 bits per heavy atom. The molecule has 2 aromatic rings. The second kappa shape index (κ2) is 10.6. The second-order valence-corrected chi connectivity index (χ2v) is 8.42. The first-order valence-corrected chi connectivity index (χ1v) is 11.5. The molecular formula is C22H24N6O6S. The zero-order valence-corrected chi connectivity index (χ0v) is 19.6. The molecule has 0 radical (unpaired) electrons. The lowest BCUT2D eigenvalue weighted by molar-refractivity contribution is -0.385. The molecule has 0 spiro atoms. The number of piperazine rings is 1. The van der Waals surface area contributed by atoms with Crippen molar-refractivity contribution in [2.24, 2.45) is 0 Å². The number of amides is 1. The number of carbonyl (C=O) groups excluding carboxylic acids is 1. The van der Waals surface area contributed by atoms with Crippen molar-refractivity contribution < 1.29 is 19.4 Å². The average Bonchev–Trinajstić information content (AvgIpc) is 2.88. The summed E-state index contributed by atoms with van der Waals surface area (Å²) in [6.45, 7) is 4.42. The fourth-order valence-corrected chi connectivity index (χ4v) is 4.43. The maximum Gasteiger partial charge on any atom is 0.292 e. The van der Waals surface area contributed by atoms with Crippen LogP contribution in [0.5, 0.6) is 0 Å². The molecule has 0 aliphatic carbocycles. The van der Waals surface area contributed by atoms with Crippen molar-refractivity contribution in [3.05, 3.63) is 68.3 Å². The number of para-hydroxylation sites is 1. The Labute approximate surface area is 206 Å². The predicted octanol–water partition coefficient (Wildman–Crippen LogP) is 2.18. The molecule has 13 heteroatoms. The smallest absolute Gasteiger partial charge is 0.292 e. The van der Waals surface area contributed by atoms with Crippen LogP contribution >= 0.6 is 12.2 Å². The molecule has 0 saturated carbocycles. The van der Waals surface area contributed by atoms with E-state index in [4.69, 9.17) is 17.0 Å². The average molecular weight is 501 g/mol. The Morgan fingerprint density at radius 1 is 0.886 bits per heavy atom. The van der Waals surface area contributed by atoms with E-state index in [-0.39, 0.29) is 27.0 Å². The highest BCUT2D eigenvalue weighted by atomic mass is 32.1. The van der Waals surface area contributed by atoms with Gasteiger partial charge in [0, 0.05) is 57.1 Å². The van der Waals surface area contributed by atoms with Crippen molar-refractivity contribution >= 4 is 46.0 Å². The minimum absolute atomic E-state index is 0.0555. The lowest BCUT2D eigenvalue weighted by atomic mass is 10.1. The molecule has 2 saturated heterocycles. The molecule has 12 nitrogen and oxygen atoms in total. The molecule has 2 aliphatic rings. The maximum atomic E-state index is 12.6. The van der Waals surface area contributed by atoms with E-state index < -0.39 is 10.8 Å². The van der Waals surface area contributed by atoms with Gasteiger partial charge in [-0.3, -0.25) is 30.3 Å². The molecule has 2 fully saturated rings. The van der Waals surface area contributed by atoms with E-state index in [2.05, 4.69) is 10.2 Å². The van der Waals surface area contributed by atoms with E-state index in [0.29, 0.717) is 58.2 Å². The van der Waals surface area contributed by atoms with Gasteiger partial charge in [-0.15, -0.1) is 0 Å². The van der Waals surface area contributed by atoms with Gasteiger partial charge in [0.15, 0.2) is 5.11 Å². The van der Waals surface area contributed by atoms with Crippen molar-refractivity contribution in [1.82, 2.24) is 10.2 Å². The van der Waals surface area contributed by atoms with Crippen LogP contribution < -0.4 is 15.1 Å². The topological polar surface area (TPSA) is 134 Å². The van der Waals surface area contributed by atoms with Crippen molar-refractivity contribution in [3.8, 4) is 0 Å². The van der Waals surface area contributed by atoms with E-state index in [9.17, 15) is 25.0 Å². The molecule has 0 unspecified atom stereocenters. The molecule has 0 aromatic heterocycles. The first kappa shape index (κ1) is 24.3. The van der Waals surface area contributed by atoms with Gasteiger partial charge in [-0.25, -0.2) is 0 Å². The lowest BCUT2D eigenvalue weighted by Crippen LogP contribution is -2.52. The van der Waals surface area contributed by atoms with Gasteiger partial charge >= 0.3 is 0 Å². The number of carbonyl (C=O) groups is 1. The van der Waals surface area contributed by atoms with Crippen LogP contribution in [0.2, 0.25) is 0 Å². The molecule has 2 heterocycles. The fraction of sp³-hybridized carbons (Fsp3) is 0.364. The van der Waals surface area contributed by atoms with E-state index in [0.717, 1.165) is 5.69 Å². The number of nitro groups is 2. The van der Waals surface area contributed by atoms with Crippen LogP contribution in [0.4, 0.5) is 22.7 Å². The first-order valence-electron chi connectivity index (χ1n) is 11.0. The first-order chi connectivity index (χ1) is 16.8. The summed E-state index contributed by atoms with van der Waals surface area (Å²) in [5.41, 5.74) is 1.16. The number of hydrogen-bond acceptors (Lipinski definition) is 9. The van der Waals surface area contributed by atoms with Crippen LogP contribution in [-0.2, 0) is 4.74 Å². The van der Waals surface area contributed by atoms with Crippen LogP contribution in [0, 0.1) is 20.2 Å². The second-order valence-electron chi connectivity index (χ2n) is 8.04. The Balaban J connectivity index is 1.40. The van der Waals surface area contributed by atoms with Gasteiger partial charge < -0.3 is 19.4 Å². The Kier molecular flexibility index (Phi) is 7.36. The van der Waals surface area contributed by atoms with E-state index in [1.54, 1.807) is 12.1 Å². The maximum absolute atomic E-state index is 12.6. The molecule has 35 heavy (non-hydrogen) atoms. The molecule has 2 aromatic carbocycles. The van der Waals surface area contributed by atoms with Gasteiger partial charge in [-0.05, 0) is 30.4 Å². The Bertz CT molecular complexity index is 1150. The summed E-state index contributed by atoms with van der Waals surface area (Å²) in [4.78, 5) is 40.3. The third kappa shape index (κ3) is 5.46. The number of morpholine rings is 1. The monoisotopic (exact) mass is 500 g/mol. The molecule has 184 valence electrons. The minimum Gasteiger partial charge on any atom is -0.378 e. The quantitative estimate of drug-likeness (QED) is 0.370. The summed E-state index contributed by atoms with van der Waals surface area (Å²) in [7, 11) is 0. The SMILES string of the molecule is O=C(NC(=S)N1CCN(c2ccc([N+](=O)[O-])c(N3CCOCC3)c2)CC1)c1ccccc1[N+](=O)[O-]. The summed E-state index contributed by atoms with van der Waals surface area (Å²) >= 11 is 5.38. The molecule has 4 rings (SSSR count). The number of hydrogen-bond donors (Lipinski definition) is 1. The van der Waals surface area contributed by atoms with Gasteiger partial charge in [-0.1, -0.05) is 12.1 Å². The zero-order chi connectivity index (χ0) is 24.9. The normalized spacial score (nSPS) is 16.1. The van der Waals surface area contributed by atoms with E-state index in [1.165, 1.54) is 24.3 Å². The largest absolute Gasteiger partial charge is 0.378 e. The number of ether oxygens (including phenoxy) is 1. The standard InChI is InChI=1S/C22H24N6O6S/c29-21(17-3-1-2-4-18(17)27(30)31)23-22(35)26-9-7-24(8-10-26)16-5-6-19(28(32)33)20(15-16)25-11-13-34-14-12-25/h1-6,15H,7-14H2,(H,23,29,35). The van der Waals surface area contributed by atoms with Gasteiger partial charge in [0.1, 0.15) is 11.3 Å². The number of thiocarbonyl (C=S) groups is 1. The third-order valence-corrected chi connectivity index (χ3v) is 6.37. The highest BCUT2D eigenvalue weighted by Crippen LogP contribution is 2.33. The summed E-state index contributed by atoms with van der Waals surface area (Å²) in [6, 6.07) is 10.8. The van der Waals surface area contributed by atoms with Crippen molar-refractivity contribution in [1.29, 1.82) is 0 Å². The van der Waals surface area contributed by atoms with Crippen molar-refractivity contribution in [2.75, 3.05) is 62.3 Å². The van der Waals surface area contributed by atoms with E-state index >= 15 is 0 Å². The lowest BCUT2D eigenvalue weighted by Gasteiger charge is -2.37. The zero-order valence-electron chi connectivity index (χ0n) is 18.8. The van der Waals surface area contributed by atoms with Crippen LogP contribution in [0.25, 0.3) is 0 Å². The van der Waals surface area contributed by atoms with Crippen LogP contribution in [-0.4, -0.2) is 78.2 Å². The highest BCUT2D eigenvalue weighted by Gasteiger charge is 2.26. The highest BCUT2D eigenvalue weighted by molar-refractivity contribution is 7.80. The number of anilines is 2. The molecule has 2 aliphatic heterocycles. The van der Waals surface area contributed by atoms with Gasteiger partial charge in [0.2, 0.25) is 0 Å². The molecular weight excluding hydrogens is 476 g/mol. The number of nitro benzene ring substituents is 2. The summed E-state index contributed by atoms with van der Waals surface area (Å²) in [5.74, 6) is -0.629. The Hall–Kier alpha value is -3.84. The number of rotatable bonds is 5. The molecule has 0 atom stereocenters. The summed E-state index contributed by atoms with van der Waals surface area (Å²) in [6.07, 6.45) is 0. The van der Waals surface area contributed by atoms with Crippen molar-refractivity contribution in [2.45, 2.75) is 0 Å². The Morgan fingerprint density at radius 3 is 2.20 bits per heavy atom. The third-order valence-electron chi connectivity index (χ3n) is 6.01. The fourth-order valence-electron chi connectivity index (χ4n) is 4.16. The minimum atomic E-state index is -0.629.